The standard InChI is InChI=1S/C10H18N2O5S2/c1-19(16,17)11-8-2-4-12(5-3-8)9(13)6-18-7-10(14)15/h8,11H,2-7H2,1H3,(H,14,15). The molecule has 1 heterocycles. The fourth-order valence-corrected chi connectivity index (χ4v) is 3.34. The minimum atomic E-state index is -3.21. The lowest BCUT2D eigenvalue weighted by molar-refractivity contribution is -0.133. The quantitative estimate of drug-likeness (QED) is 0.675. The molecule has 0 radical (unpaired) electrons. The number of carbonyl (C=O) groups excluding carboxylic acids is 1. The second-order valence-electron chi connectivity index (χ2n) is 4.43. The number of sulfonamides is 1. The van der Waals surface area contributed by atoms with Gasteiger partial charge < -0.3 is 10.0 Å². The number of carboxylic acids is 1. The molecule has 0 aliphatic carbocycles. The third kappa shape index (κ3) is 6.79. The van der Waals surface area contributed by atoms with E-state index >= 15 is 0 Å². The van der Waals surface area contributed by atoms with Gasteiger partial charge >= 0.3 is 5.97 Å². The van der Waals surface area contributed by atoms with Crippen LogP contribution in [-0.4, -0.2) is 67.2 Å². The van der Waals surface area contributed by atoms with Crippen molar-refractivity contribution >= 4 is 33.7 Å². The molecule has 0 aromatic carbocycles. The molecule has 110 valence electrons. The molecule has 1 fully saturated rings. The Hall–Kier alpha value is -0.800. The first-order valence-corrected chi connectivity index (χ1v) is 8.87. The Kier molecular flexibility index (Phi) is 6.08. The van der Waals surface area contributed by atoms with Crippen LogP contribution in [0, 0.1) is 0 Å². The fraction of sp³-hybridized carbons (Fsp3) is 0.800. The van der Waals surface area contributed by atoms with Gasteiger partial charge in [0, 0.05) is 19.1 Å². The van der Waals surface area contributed by atoms with Gasteiger partial charge in [0.05, 0.1) is 17.8 Å². The number of hydrogen-bond donors (Lipinski definition) is 2. The van der Waals surface area contributed by atoms with E-state index in [-0.39, 0.29) is 23.5 Å². The zero-order valence-corrected chi connectivity index (χ0v) is 12.3. The van der Waals surface area contributed by atoms with E-state index in [0.717, 1.165) is 18.0 Å². The Morgan fingerprint density at radius 1 is 1.32 bits per heavy atom. The summed E-state index contributed by atoms with van der Waals surface area (Å²) in [6.45, 7) is 0.999. The summed E-state index contributed by atoms with van der Waals surface area (Å²) in [4.78, 5) is 23.7. The van der Waals surface area contributed by atoms with E-state index in [0.29, 0.717) is 25.9 Å². The molecule has 0 aromatic heterocycles. The van der Waals surface area contributed by atoms with Gasteiger partial charge in [0.1, 0.15) is 0 Å². The minimum Gasteiger partial charge on any atom is -0.481 e. The van der Waals surface area contributed by atoms with Gasteiger partial charge in [-0.05, 0) is 12.8 Å². The molecule has 9 heteroatoms. The van der Waals surface area contributed by atoms with Crippen molar-refractivity contribution in [2.45, 2.75) is 18.9 Å². The average molecular weight is 310 g/mol. The summed E-state index contributed by atoms with van der Waals surface area (Å²) in [5.74, 6) is -0.966. The summed E-state index contributed by atoms with van der Waals surface area (Å²) in [7, 11) is -3.21. The molecule has 0 saturated carbocycles. The maximum atomic E-state index is 11.7. The molecule has 1 amide bonds. The second kappa shape index (κ2) is 7.11. The van der Waals surface area contributed by atoms with Gasteiger partial charge in [-0.3, -0.25) is 9.59 Å². The summed E-state index contributed by atoms with van der Waals surface area (Å²) >= 11 is 1.07. The highest BCUT2D eigenvalue weighted by Crippen LogP contribution is 2.13. The van der Waals surface area contributed by atoms with Crippen molar-refractivity contribution in [3.8, 4) is 0 Å². The first-order valence-electron chi connectivity index (χ1n) is 5.82. The summed E-state index contributed by atoms with van der Waals surface area (Å²) in [5, 5.41) is 8.47. The van der Waals surface area contributed by atoms with Gasteiger partial charge in [0.25, 0.3) is 0 Å². The number of nitrogens with one attached hydrogen (secondary N) is 1. The van der Waals surface area contributed by atoms with Gasteiger partial charge in [-0.15, -0.1) is 11.8 Å². The molecular weight excluding hydrogens is 292 g/mol. The van der Waals surface area contributed by atoms with Crippen molar-refractivity contribution in [2.24, 2.45) is 0 Å². The van der Waals surface area contributed by atoms with E-state index in [9.17, 15) is 18.0 Å². The maximum absolute atomic E-state index is 11.7. The Morgan fingerprint density at radius 2 is 1.89 bits per heavy atom. The molecule has 0 bridgehead atoms. The summed E-state index contributed by atoms with van der Waals surface area (Å²) < 4.78 is 24.7. The molecule has 0 unspecified atom stereocenters. The zero-order valence-electron chi connectivity index (χ0n) is 10.7. The number of aliphatic carboxylic acids is 1. The van der Waals surface area contributed by atoms with Crippen LogP contribution in [0.3, 0.4) is 0 Å². The van der Waals surface area contributed by atoms with Crippen LogP contribution in [-0.2, 0) is 19.6 Å². The summed E-state index contributed by atoms with van der Waals surface area (Å²) in [5.41, 5.74) is 0. The van der Waals surface area contributed by atoms with Crippen molar-refractivity contribution < 1.29 is 23.1 Å². The molecule has 2 N–H and O–H groups in total. The molecule has 19 heavy (non-hydrogen) atoms. The molecule has 1 saturated heterocycles. The molecule has 1 aliphatic rings. The van der Waals surface area contributed by atoms with Crippen LogP contribution in [0.1, 0.15) is 12.8 Å². The lowest BCUT2D eigenvalue weighted by Crippen LogP contribution is -2.46. The molecule has 0 atom stereocenters. The lowest BCUT2D eigenvalue weighted by Gasteiger charge is -2.31. The second-order valence-corrected chi connectivity index (χ2v) is 7.20. The largest absolute Gasteiger partial charge is 0.481 e. The van der Waals surface area contributed by atoms with Crippen LogP contribution in [0.2, 0.25) is 0 Å². The molecule has 7 nitrogen and oxygen atoms in total. The highest BCUT2D eigenvalue weighted by Gasteiger charge is 2.24. The SMILES string of the molecule is CS(=O)(=O)NC1CCN(C(=O)CSCC(=O)O)CC1. The van der Waals surface area contributed by atoms with Gasteiger partial charge in [0.15, 0.2) is 0 Å². The number of piperidine rings is 1. The molecular formula is C10H18N2O5S2. The molecule has 1 aliphatic heterocycles. The Bertz CT molecular complexity index is 429. The van der Waals surface area contributed by atoms with E-state index in [4.69, 9.17) is 5.11 Å². The van der Waals surface area contributed by atoms with Crippen molar-refractivity contribution in [1.82, 2.24) is 9.62 Å². The number of carboxylic acid groups (broad SMARTS) is 1. The predicted molar refractivity (Wildman–Crippen MR) is 72.5 cm³/mol. The first-order chi connectivity index (χ1) is 8.78. The smallest absolute Gasteiger partial charge is 0.313 e. The van der Waals surface area contributed by atoms with Gasteiger partial charge in [-0.1, -0.05) is 0 Å². The van der Waals surface area contributed by atoms with Crippen LogP contribution in [0.15, 0.2) is 0 Å². The van der Waals surface area contributed by atoms with Crippen LogP contribution in [0.4, 0.5) is 0 Å². The molecule has 0 aromatic rings. The van der Waals surface area contributed by atoms with E-state index in [1.54, 1.807) is 4.90 Å². The van der Waals surface area contributed by atoms with Crippen molar-refractivity contribution in [1.29, 1.82) is 0 Å². The average Bonchev–Trinajstić information content (AvgIpc) is 2.27. The number of likely N-dealkylation sites (tertiary alicyclic amines) is 1. The highest BCUT2D eigenvalue weighted by atomic mass is 32.2. The van der Waals surface area contributed by atoms with Gasteiger partial charge in [-0.25, -0.2) is 13.1 Å². The third-order valence-electron chi connectivity index (χ3n) is 2.68. The van der Waals surface area contributed by atoms with Crippen molar-refractivity contribution in [2.75, 3.05) is 30.9 Å². The first kappa shape index (κ1) is 16.3. The highest BCUT2D eigenvalue weighted by molar-refractivity contribution is 8.00. The number of amides is 1. The Labute approximate surface area is 116 Å². The lowest BCUT2D eigenvalue weighted by atomic mass is 10.1. The van der Waals surface area contributed by atoms with E-state index in [1.165, 1.54) is 0 Å². The van der Waals surface area contributed by atoms with Crippen LogP contribution in [0.25, 0.3) is 0 Å². The van der Waals surface area contributed by atoms with Crippen LogP contribution >= 0.6 is 11.8 Å². The Balaban J connectivity index is 2.29. The normalized spacial score (nSPS) is 17.4. The number of nitrogens with zero attached hydrogens (tertiary/aromatic N) is 1. The Morgan fingerprint density at radius 3 is 2.37 bits per heavy atom. The number of carbonyl (C=O) groups is 2. The minimum absolute atomic E-state index is 0.0855. The van der Waals surface area contributed by atoms with Crippen LogP contribution < -0.4 is 4.72 Å². The van der Waals surface area contributed by atoms with Gasteiger partial charge in [-0.2, -0.15) is 0 Å². The topological polar surface area (TPSA) is 104 Å². The van der Waals surface area contributed by atoms with E-state index in [2.05, 4.69) is 4.72 Å². The number of thioether (sulfide) groups is 1. The van der Waals surface area contributed by atoms with E-state index in [1.807, 2.05) is 0 Å². The monoisotopic (exact) mass is 310 g/mol. The van der Waals surface area contributed by atoms with Crippen molar-refractivity contribution in [3.63, 3.8) is 0 Å². The van der Waals surface area contributed by atoms with Gasteiger partial charge in [0.2, 0.25) is 15.9 Å². The predicted octanol–water partition coefficient (Wildman–Crippen LogP) is -0.656. The third-order valence-corrected chi connectivity index (χ3v) is 4.34. The number of hydrogen-bond acceptors (Lipinski definition) is 5. The summed E-state index contributed by atoms with van der Waals surface area (Å²) in [6, 6.07) is -0.120. The molecule has 1 rings (SSSR count). The van der Waals surface area contributed by atoms with Crippen molar-refractivity contribution in [3.05, 3.63) is 0 Å². The molecule has 0 spiro atoms. The maximum Gasteiger partial charge on any atom is 0.313 e. The number of rotatable bonds is 6. The van der Waals surface area contributed by atoms with E-state index < -0.39 is 16.0 Å². The summed E-state index contributed by atoms with van der Waals surface area (Å²) in [6.07, 6.45) is 2.29. The van der Waals surface area contributed by atoms with Crippen LogP contribution in [0.5, 0.6) is 0 Å². The fourth-order valence-electron chi connectivity index (χ4n) is 1.87. The zero-order chi connectivity index (χ0) is 14.5.